The molecule has 12 heavy (non-hydrogen) atoms. The molecule has 1 N–H and O–H groups in total. The van der Waals surface area contributed by atoms with Crippen LogP contribution in [-0.2, 0) is 11.2 Å². The van der Waals surface area contributed by atoms with Crippen molar-refractivity contribution in [1.29, 1.82) is 0 Å². The van der Waals surface area contributed by atoms with Crippen molar-refractivity contribution in [3.05, 3.63) is 33.4 Å². The molecule has 0 bridgehead atoms. The Bertz CT molecular complexity index is 284. The molecule has 0 unspecified atom stereocenters. The van der Waals surface area contributed by atoms with Gasteiger partial charge in [0.25, 0.3) is 0 Å². The zero-order valence-corrected chi connectivity index (χ0v) is 8.61. The number of ketones is 1. The van der Waals surface area contributed by atoms with Gasteiger partial charge in [-0.2, -0.15) is 0 Å². The molecule has 0 aliphatic carbocycles. The lowest BCUT2D eigenvalue weighted by molar-refractivity contribution is -0.121. The Hall–Kier alpha value is -0.420. The zero-order chi connectivity index (χ0) is 8.97. The summed E-state index contributed by atoms with van der Waals surface area (Å²) in [5, 5.41) is 8.53. The van der Waals surface area contributed by atoms with Crippen molar-refractivity contribution >= 4 is 28.4 Å². The highest BCUT2D eigenvalue weighted by Gasteiger charge is 2.03. The highest BCUT2D eigenvalue weighted by molar-refractivity contribution is 14.1. The second-order valence-electron chi connectivity index (χ2n) is 2.46. The minimum Gasteiger partial charge on any atom is -0.389 e. The van der Waals surface area contributed by atoms with Crippen molar-refractivity contribution in [3.8, 4) is 0 Å². The second-order valence-corrected chi connectivity index (χ2v) is 3.63. The molecule has 0 fully saturated rings. The van der Waals surface area contributed by atoms with E-state index in [2.05, 4.69) is 22.6 Å². The number of carbonyl (C=O) groups excluding carboxylic acids is 1. The molecule has 1 aromatic rings. The van der Waals surface area contributed by atoms with Crippen LogP contribution in [0.25, 0.3) is 0 Å². The summed E-state index contributed by atoms with van der Waals surface area (Å²) >= 11 is 2.18. The molecule has 0 aliphatic heterocycles. The number of aliphatic hydroxyl groups is 1. The van der Waals surface area contributed by atoms with Gasteiger partial charge in [-0.1, -0.05) is 18.2 Å². The lowest BCUT2D eigenvalue weighted by Gasteiger charge is -2.00. The fraction of sp³-hybridized carbons (Fsp3) is 0.222. The number of halogens is 1. The fourth-order valence-electron chi connectivity index (χ4n) is 0.910. The summed E-state index contributed by atoms with van der Waals surface area (Å²) in [5.41, 5.74) is 0.983. The third kappa shape index (κ3) is 2.57. The number of hydrogen-bond acceptors (Lipinski definition) is 2. The SMILES string of the molecule is O=C(CO)Cc1ccccc1I. The molecule has 64 valence electrons. The fourth-order valence-corrected chi connectivity index (χ4v) is 1.49. The summed E-state index contributed by atoms with van der Waals surface area (Å²) in [6, 6.07) is 7.66. The van der Waals surface area contributed by atoms with Crippen molar-refractivity contribution in [2.75, 3.05) is 6.61 Å². The number of aliphatic hydroxyl groups excluding tert-OH is 1. The molecule has 0 saturated heterocycles. The van der Waals surface area contributed by atoms with Crippen LogP contribution in [0.3, 0.4) is 0 Å². The van der Waals surface area contributed by atoms with Crippen LogP contribution in [0.2, 0.25) is 0 Å². The van der Waals surface area contributed by atoms with E-state index in [9.17, 15) is 4.79 Å². The molecule has 0 radical (unpaired) electrons. The highest BCUT2D eigenvalue weighted by atomic mass is 127. The second kappa shape index (κ2) is 4.57. The first kappa shape index (κ1) is 9.67. The molecule has 0 saturated carbocycles. The van der Waals surface area contributed by atoms with Gasteiger partial charge in [-0.3, -0.25) is 4.79 Å². The van der Waals surface area contributed by atoms with Crippen LogP contribution in [0.4, 0.5) is 0 Å². The predicted octanol–water partition coefficient (Wildman–Crippen LogP) is 1.40. The standard InChI is InChI=1S/C9H9IO2/c10-9-4-2-1-3-7(9)5-8(12)6-11/h1-4,11H,5-6H2. The van der Waals surface area contributed by atoms with E-state index in [0.29, 0.717) is 6.42 Å². The van der Waals surface area contributed by atoms with Gasteiger partial charge in [0, 0.05) is 9.99 Å². The minimum atomic E-state index is -0.370. The molecule has 0 spiro atoms. The molecule has 0 atom stereocenters. The van der Waals surface area contributed by atoms with Gasteiger partial charge in [0.15, 0.2) is 5.78 Å². The van der Waals surface area contributed by atoms with Crippen molar-refractivity contribution in [2.45, 2.75) is 6.42 Å². The Labute approximate surface area is 84.7 Å². The minimum absolute atomic E-state index is 0.140. The maximum absolute atomic E-state index is 10.9. The van der Waals surface area contributed by atoms with E-state index in [1.54, 1.807) is 0 Å². The molecule has 2 nitrogen and oxygen atoms in total. The number of carbonyl (C=O) groups is 1. The van der Waals surface area contributed by atoms with Crippen LogP contribution >= 0.6 is 22.6 Å². The van der Waals surface area contributed by atoms with E-state index in [0.717, 1.165) is 9.13 Å². The number of Topliss-reactive ketones (excluding diaryl/α,β-unsaturated/α-hetero) is 1. The number of rotatable bonds is 3. The van der Waals surface area contributed by atoms with E-state index in [-0.39, 0.29) is 12.4 Å². The zero-order valence-electron chi connectivity index (χ0n) is 6.46. The normalized spacial score (nSPS) is 9.83. The van der Waals surface area contributed by atoms with Crippen LogP contribution in [0.1, 0.15) is 5.56 Å². The molecule has 1 aromatic carbocycles. The third-order valence-electron chi connectivity index (χ3n) is 1.52. The van der Waals surface area contributed by atoms with Crippen LogP contribution in [0.15, 0.2) is 24.3 Å². The van der Waals surface area contributed by atoms with Gasteiger partial charge < -0.3 is 5.11 Å². The summed E-state index contributed by atoms with van der Waals surface area (Å²) in [4.78, 5) is 10.9. The smallest absolute Gasteiger partial charge is 0.162 e. The summed E-state index contributed by atoms with van der Waals surface area (Å²) in [5.74, 6) is -0.140. The predicted molar refractivity (Wildman–Crippen MR) is 55.0 cm³/mol. The largest absolute Gasteiger partial charge is 0.389 e. The van der Waals surface area contributed by atoms with Crippen molar-refractivity contribution in [2.24, 2.45) is 0 Å². The van der Waals surface area contributed by atoms with E-state index in [1.165, 1.54) is 0 Å². The van der Waals surface area contributed by atoms with Gasteiger partial charge in [-0.15, -0.1) is 0 Å². The Morgan fingerprint density at radius 3 is 2.67 bits per heavy atom. The van der Waals surface area contributed by atoms with Crippen molar-refractivity contribution in [3.63, 3.8) is 0 Å². The summed E-state index contributed by atoms with van der Waals surface area (Å²) in [6.45, 7) is -0.370. The number of hydrogen-bond donors (Lipinski definition) is 1. The van der Waals surface area contributed by atoms with E-state index in [1.807, 2.05) is 24.3 Å². The monoisotopic (exact) mass is 276 g/mol. The van der Waals surface area contributed by atoms with Gasteiger partial charge in [0.05, 0.1) is 0 Å². The third-order valence-corrected chi connectivity index (χ3v) is 2.57. The quantitative estimate of drug-likeness (QED) is 0.847. The Balaban J connectivity index is 2.75. The maximum Gasteiger partial charge on any atom is 0.162 e. The van der Waals surface area contributed by atoms with Gasteiger partial charge in [0.1, 0.15) is 6.61 Å². The van der Waals surface area contributed by atoms with Crippen LogP contribution in [-0.4, -0.2) is 17.5 Å². The molecule has 1 rings (SSSR count). The molecule has 3 heteroatoms. The Kier molecular flexibility index (Phi) is 3.68. The average Bonchev–Trinajstić information content (AvgIpc) is 2.09. The van der Waals surface area contributed by atoms with E-state index in [4.69, 9.17) is 5.11 Å². The van der Waals surface area contributed by atoms with E-state index >= 15 is 0 Å². The van der Waals surface area contributed by atoms with Crippen LogP contribution in [0.5, 0.6) is 0 Å². The van der Waals surface area contributed by atoms with E-state index < -0.39 is 0 Å². The number of benzene rings is 1. The maximum atomic E-state index is 10.9. The average molecular weight is 276 g/mol. The van der Waals surface area contributed by atoms with Gasteiger partial charge >= 0.3 is 0 Å². The first-order valence-corrected chi connectivity index (χ1v) is 4.68. The lowest BCUT2D eigenvalue weighted by atomic mass is 10.1. The molecule has 0 aromatic heterocycles. The molecule has 0 heterocycles. The summed E-state index contributed by atoms with van der Waals surface area (Å²) < 4.78 is 1.07. The summed E-state index contributed by atoms with van der Waals surface area (Å²) in [7, 11) is 0. The van der Waals surface area contributed by atoms with Crippen LogP contribution < -0.4 is 0 Å². The first-order chi connectivity index (χ1) is 5.74. The summed E-state index contributed by atoms with van der Waals surface area (Å²) in [6.07, 6.45) is 0.329. The molecule has 0 aliphatic rings. The molecular formula is C9H9IO2. The topological polar surface area (TPSA) is 37.3 Å². The van der Waals surface area contributed by atoms with Gasteiger partial charge in [-0.05, 0) is 34.2 Å². The van der Waals surface area contributed by atoms with Crippen molar-refractivity contribution < 1.29 is 9.90 Å². The van der Waals surface area contributed by atoms with Crippen LogP contribution in [0, 0.1) is 3.57 Å². The van der Waals surface area contributed by atoms with Gasteiger partial charge in [0.2, 0.25) is 0 Å². The first-order valence-electron chi connectivity index (χ1n) is 3.60. The molecule has 0 amide bonds. The highest BCUT2D eigenvalue weighted by Crippen LogP contribution is 2.11. The Morgan fingerprint density at radius 1 is 1.42 bits per heavy atom. The lowest BCUT2D eigenvalue weighted by Crippen LogP contribution is -2.08. The van der Waals surface area contributed by atoms with Gasteiger partial charge in [-0.25, -0.2) is 0 Å². The Morgan fingerprint density at radius 2 is 2.08 bits per heavy atom. The molecular weight excluding hydrogens is 267 g/mol. The van der Waals surface area contributed by atoms with Crippen molar-refractivity contribution in [1.82, 2.24) is 0 Å².